The van der Waals surface area contributed by atoms with Gasteiger partial charge >= 0.3 is 0 Å². The molecule has 0 amide bonds. The zero-order valence-electron chi connectivity index (χ0n) is 24.2. The zero-order chi connectivity index (χ0) is 29.7. The molecular formula is C41H25N3O. The molecule has 0 unspecified atom stereocenters. The van der Waals surface area contributed by atoms with Gasteiger partial charge < -0.3 is 4.42 Å². The molecule has 4 nitrogen and oxygen atoms in total. The third-order valence-electron chi connectivity index (χ3n) is 8.49. The van der Waals surface area contributed by atoms with E-state index in [2.05, 4.69) is 91.0 Å². The number of benzene rings is 7. The highest BCUT2D eigenvalue weighted by Crippen LogP contribution is 2.39. The van der Waals surface area contributed by atoms with Crippen molar-refractivity contribution < 1.29 is 4.42 Å². The van der Waals surface area contributed by atoms with Crippen molar-refractivity contribution in [1.82, 2.24) is 15.0 Å². The van der Waals surface area contributed by atoms with Crippen LogP contribution in [0.4, 0.5) is 0 Å². The van der Waals surface area contributed by atoms with Crippen LogP contribution >= 0.6 is 0 Å². The van der Waals surface area contributed by atoms with Crippen LogP contribution in [0.25, 0.3) is 88.8 Å². The number of nitrogens with zero attached hydrogens (tertiary/aromatic N) is 3. The predicted octanol–water partition coefficient (Wildman–Crippen LogP) is 10.7. The van der Waals surface area contributed by atoms with E-state index in [0.717, 1.165) is 65.9 Å². The van der Waals surface area contributed by atoms with Crippen molar-refractivity contribution in [1.29, 1.82) is 0 Å². The predicted molar refractivity (Wildman–Crippen MR) is 184 cm³/mol. The second-order valence-electron chi connectivity index (χ2n) is 11.3. The lowest BCUT2D eigenvalue weighted by molar-refractivity contribution is 0.669. The Balaban J connectivity index is 1.34. The highest BCUT2D eigenvalue weighted by atomic mass is 16.3. The molecule has 9 rings (SSSR count). The van der Waals surface area contributed by atoms with Gasteiger partial charge in [-0.05, 0) is 57.6 Å². The van der Waals surface area contributed by atoms with Gasteiger partial charge in [-0.3, -0.25) is 0 Å². The maximum absolute atomic E-state index is 6.24. The van der Waals surface area contributed by atoms with Crippen LogP contribution in [0.2, 0.25) is 0 Å². The van der Waals surface area contributed by atoms with E-state index in [9.17, 15) is 0 Å². The number of rotatable bonds is 4. The molecule has 4 heteroatoms. The Hall–Kier alpha value is -6.13. The molecule has 0 bridgehead atoms. The molecule has 0 atom stereocenters. The van der Waals surface area contributed by atoms with Gasteiger partial charge in [0.2, 0.25) is 0 Å². The van der Waals surface area contributed by atoms with Crippen molar-refractivity contribution in [3.8, 4) is 45.3 Å². The molecule has 0 aliphatic rings. The van der Waals surface area contributed by atoms with Crippen molar-refractivity contribution in [2.75, 3.05) is 0 Å². The summed E-state index contributed by atoms with van der Waals surface area (Å²) in [5, 5.41) is 6.76. The molecule has 0 spiro atoms. The zero-order valence-corrected chi connectivity index (χ0v) is 24.2. The topological polar surface area (TPSA) is 51.8 Å². The second kappa shape index (κ2) is 10.2. The summed E-state index contributed by atoms with van der Waals surface area (Å²) in [6.45, 7) is 0. The first-order valence-electron chi connectivity index (χ1n) is 15.0. The molecule has 7 aromatic carbocycles. The highest BCUT2D eigenvalue weighted by Gasteiger charge is 2.18. The van der Waals surface area contributed by atoms with Crippen LogP contribution in [0.1, 0.15) is 0 Å². The van der Waals surface area contributed by atoms with Crippen molar-refractivity contribution in [3.63, 3.8) is 0 Å². The Morgan fingerprint density at radius 2 is 0.978 bits per heavy atom. The SMILES string of the molecule is c1ccc(-c2cc(-c3nc(-c4ccccc4)nc(-c4ccc5c(c4)oc4ccccc45)n3)c3c(ccc4ccccc43)c2)cc1. The molecule has 210 valence electrons. The van der Waals surface area contributed by atoms with E-state index in [0.29, 0.717) is 17.5 Å². The van der Waals surface area contributed by atoms with Gasteiger partial charge in [0.25, 0.3) is 0 Å². The number of hydrogen-bond acceptors (Lipinski definition) is 4. The van der Waals surface area contributed by atoms with Crippen LogP contribution in [0.15, 0.2) is 156 Å². The largest absolute Gasteiger partial charge is 0.456 e. The first kappa shape index (κ1) is 25.4. The van der Waals surface area contributed by atoms with E-state index in [-0.39, 0.29) is 0 Å². The third kappa shape index (κ3) is 4.35. The maximum atomic E-state index is 6.24. The fourth-order valence-electron chi connectivity index (χ4n) is 6.33. The molecule has 0 fully saturated rings. The van der Waals surface area contributed by atoms with Gasteiger partial charge in [-0.25, -0.2) is 15.0 Å². The van der Waals surface area contributed by atoms with Crippen molar-refractivity contribution in [2.24, 2.45) is 0 Å². The molecule has 0 aliphatic carbocycles. The molecule has 0 N–H and O–H groups in total. The first-order valence-corrected chi connectivity index (χ1v) is 15.0. The van der Waals surface area contributed by atoms with E-state index in [4.69, 9.17) is 19.4 Å². The van der Waals surface area contributed by atoms with E-state index in [1.54, 1.807) is 0 Å². The summed E-state index contributed by atoms with van der Waals surface area (Å²) in [5.74, 6) is 1.85. The maximum Gasteiger partial charge on any atom is 0.164 e. The van der Waals surface area contributed by atoms with E-state index in [1.807, 2.05) is 60.7 Å². The molecule has 0 saturated heterocycles. The lowest BCUT2D eigenvalue weighted by Gasteiger charge is -2.14. The second-order valence-corrected chi connectivity index (χ2v) is 11.3. The van der Waals surface area contributed by atoms with Crippen LogP contribution in [0.5, 0.6) is 0 Å². The van der Waals surface area contributed by atoms with E-state index >= 15 is 0 Å². The number of fused-ring (bicyclic) bond motifs is 6. The van der Waals surface area contributed by atoms with Crippen LogP contribution in [-0.4, -0.2) is 15.0 Å². The number of furan rings is 1. The van der Waals surface area contributed by atoms with Crippen LogP contribution in [0.3, 0.4) is 0 Å². The smallest absolute Gasteiger partial charge is 0.164 e. The van der Waals surface area contributed by atoms with Crippen molar-refractivity contribution in [2.45, 2.75) is 0 Å². The minimum absolute atomic E-state index is 0.597. The lowest BCUT2D eigenvalue weighted by atomic mass is 9.93. The summed E-state index contributed by atoms with van der Waals surface area (Å²) < 4.78 is 6.24. The molecule has 0 radical (unpaired) electrons. The van der Waals surface area contributed by atoms with Gasteiger partial charge in [0.05, 0.1) is 0 Å². The summed E-state index contributed by atoms with van der Waals surface area (Å²) in [7, 11) is 0. The van der Waals surface area contributed by atoms with Gasteiger partial charge in [0.1, 0.15) is 11.2 Å². The molecule has 45 heavy (non-hydrogen) atoms. The molecule has 0 aliphatic heterocycles. The summed E-state index contributed by atoms with van der Waals surface area (Å²) >= 11 is 0. The average molecular weight is 576 g/mol. The summed E-state index contributed by atoms with van der Waals surface area (Å²) in [6, 6.07) is 52.3. The molecule has 0 saturated carbocycles. The summed E-state index contributed by atoms with van der Waals surface area (Å²) in [5.41, 5.74) is 6.69. The standard InChI is InChI=1S/C41H25N3O/c1-3-11-26(12-4-1)31-23-29-20-19-27-13-7-8-16-32(27)38(29)35(24-31)41-43-39(28-14-5-2-6-15-28)42-40(44-41)30-21-22-34-33-17-9-10-18-36(33)45-37(34)25-30/h1-25H. The first-order chi connectivity index (χ1) is 22.3. The number of aromatic nitrogens is 3. The minimum atomic E-state index is 0.597. The monoisotopic (exact) mass is 575 g/mol. The Morgan fingerprint density at radius 3 is 1.80 bits per heavy atom. The van der Waals surface area contributed by atoms with Gasteiger partial charge in [-0.15, -0.1) is 0 Å². The van der Waals surface area contributed by atoms with Crippen molar-refractivity contribution >= 4 is 43.5 Å². The van der Waals surface area contributed by atoms with E-state index < -0.39 is 0 Å². The van der Waals surface area contributed by atoms with Crippen LogP contribution < -0.4 is 0 Å². The Kier molecular flexibility index (Phi) is 5.78. The fourth-order valence-corrected chi connectivity index (χ4v) is 6.33. The number of hydrogen-bond donors (Lipinski definition) is 0. The Morgan fingerprint density at radius 1 is 0.356 bits per heavy atom. The van der Waals surface area contributed by atoms with Gasteiger partial charge in [-0.2, -0.15) is 0 Å². The van der Waals surface area contributed by atoms with Crippen LogP contribution in [0, 0.1) is 0 Å². The molecule has 2 aromatic heterocycles. The summed E-state index contributed by atoms with van der Waals surface area (Å²) in [4.78, 5) is 15.3. The lowest BCUT2D eigenvalue weighted by Crippen LogP contribution is -2.01. The normalized spacial score (nSPS) is 11.6. The average Bonchev–Trinajstić information content (AvgIpc) is 3.49. The Bertz CT molecular complexity index is 2540. The van der Waals surface area contributed by atoms with Crippen molar-refractivity contribution in [3.05, 3.63) is 152 Å². The van der Waals surface area contributed by atoms with E-state index in [1.165, 1.54) is 5.39 Å². The number of para-hydroxylation sites is 1. The molecule has 9 aromatic rings. The minimum Gasteiger partial charge on any atom is -0.456 e. The Labute approximate surface area is 259 Å². The fraction of sp³-hybridized carbons (Fsp3) is 0. The third-order valence-corrected chi connectivity index (χ3v) is 8.49. The molecule has 2 heterocycles. The molecular weight excluding hydrogens is 550 g/mol. The summed E-state index contributed by atoms with van der Waals surface area (Å²) in [6.07, 6.45) is 0. The highest BCUT2D eigenvalue weighted by molar-refractivity contribution is 6.15. The van der Waals surface area contributed by atoms with Gasteiger partial charge in [0, 0.05) is 32.8 Å². The van der Waals surface area contributed by atoms with Gasteiger partial charge in [0.15, 0.2) is 17.5 Å². The quantitative estimate of drug-likeness (QED) is 0.196. The van der Waals surface area contributed by atoms with Crippen LogP contribution in [-0.2, 0) is 0 Å². The van der Waals surface area contributed by atoms with Gasteiger partial charge in [-0.1, -0.05) is 121 Å².